The molecule has 21 heavy (non-hydrogen) atoms. The van der Waals surface area contributed by atoms with Crippen LogP contribution >= 0.6 is 0 Å². The zero-order valence-electron chi connectivity index (χ0n) is 12.1. The molecule has 0 fully saturated rings. The van der Waals surface area contributed by atoms with Crippen LogP contribution in [0.4, 0.5) is 5.69 Å². The Balaban J connectivity index is 2.32. The number of nitro benzene ring substituents is 1. The Labute approximate surface area is 123 Å². The fourth-order valence-corrected chi connectivity index (χ4v) is 2.19. The minimum absolute atomic E-state index is 0.0528. The molecule has 0 heterocycles. The second kappa shape index (κ2) is 6.37. The van der Waals surface area contributed by atoms with Gasteiger partial charge in [-0.15, -0.1) is 0 Å². The van der Waals surface area contributed by atoms with E-state index in [0.717, 1.165) is 22.4 Å². The first-order chi connectivity index (χ1) is 10.0. The summed E-state index contributed by atoms with van der Waals surface area (Å²) in [6, 6.07) is 11.8. The van der Waals surface area contributed by atoms with Crippen LogP contribution in [0.5, 0.6) is 5.75 Å². The number of benzene rings is 2. The van der Waals surface area contributed by atoms with Crippen LogP contribution in [-0.4, -0.2) is 11.5 Å². The number of non-ortho nitro benzene ring substituents is 1. The third-order valence-corrected chi connectivity index (χ3v) is 3.36. The first-order valence-corrected chi connectivity index (χ1v) is 6.76. The molecule has 0 aliphatic carbocycles. The first-order valence-electron chi connectivity index (χ1n) is 6.76. The van der Waals surface area contributed by atoms with Crippen LogP contribution in [-0.2, 0) is 0 Å². The van der Waals surface area contributed by atoms with Crippen LogP contribution in [0.25, 0.3) is 0 Å². The Morgan fingerprint density at radius 2 is 1.90 bits per heavy atom. The van der Waals surface area contributed by atoms with Crippen LogP contribution in [0, 0.1) is 17.0 Å². The fourth-order valence-electron chi connectivity index (χ4n) is 2.19. The topological polar surface area (TPSA) is 78.4 Å². The number of aryl methyl sites for hydroxylation is 1. The molecule has 0 saturated carbocycles. The number of nitrogens with two attached hydrogens (primary N) is 1. The van der Waals surface area contributed by atoms with Gasteiger partial charge < -0.3 is 10.5 Å². The molecule has 2 aromatic rings. The number of ether oxygens (including phenoxy) is 1. The summed E-state index contributed by atoms with van der Waals surface area (Å²) < 4.78 is 5.39. The van der Waals surface area contributed by atoms with Crippen molar-refractivity contribution in [2.45, 2.75) is 19.9 Å². The summed E-state index contributed by atoms with van der Waals surface area (Å²) in [7, 11) is 0. The van der Waals surface area contributed by atoms with E-state index in [2.05, 4.69) is 0 Å². The Morgan fingerprint density at radius 1 is 1.24 bits per heavy atom. The SMILES string of the molecule is CCOc1ccc(C(N)c2cc([N+](=O)[O-])ccc2C)cc1. The maximum absolute atomic E-state index is 10.9. The van der Waals surface area contributed by atoms with Gasteiger partial charge >= 0.3 is 0 Å². The smallest absolute Gasteiger partial charge is 0.269 e. The lowest BCUT2D eigenvalue weighted by atomic mass is 9.95. The molecule has 2 aromatic carbocycles. The van der Waals surface area contributed by atoms with Crippen molar-refractivity contribution in [2.24, 2.45) is 5.73 Å². The standard InChI is InChI=1S/C16H18N2O3/c1-3-21-14-8-5-12(6-9-14)16(17)15-10-13(18(19)20)7-4-11(15)2/h4-10,16H,3,17H2,1-2H3. The Bertz CT molecular complexity index is 638. The van der Waals surface area contributed by atoms with Gasteiger partial charge in [-0.25, -0.2) is 0 Å². The summed E-state index contributed by atoms with van der Waals surface area (Å²) >= 11 is 0. The van der Waals surface area contributed by atoms with Gasteiger partial charge in [-0.3, -0.25) is 10.1 Å². The van der Waals surface area contributed by atoms with Crippen molar-refractivity contribution in [1.29, 1.82) is 0 Å². The molecule has 0 aromatic heterocycles. The van der Waals surface area contributed by atoms with Crippen molar-refractivity contribution < 1.29 is 9.66 Å². The van der Waals surface area contributed by atoms with Gasteiger partial charge in [0.1, 0.15) is 5.75 Å². The molecule has 2 N–H and O–H groups in total. The fraction of sp³-hybridized carbons (Fsp3) is 0.250. The molecule has 0 spiro atoms. The third-order valence-electron chi connectivity index (χ3n) is 3.36. The number of nitro groups is 1. The van der Waals surface area contributed by atoms with Gasteiger partial charge in [0.05, 0.1) is 17.6 Å². The van der Waals surface area contributed by atoms with Crippen LogP contribution < -0.4 is 10.5 Å². The van der Waals surface area contributed by atoms with E-state index in [9.17, 15) is 10.1 Å². The molecule has 1 atom stereocenters. The Morgan fingerprint density at radius 3 is 2.48 bits per heavy atom. The van der Waals surface area contributed by atoms with E-state index >= 15 is 0 Å². The lowest BCUT2D eigenvalue weighted by Gasteiger charge is -2.15. The number of rotatable bonds is 5. The van der Waals surface area contributed by atoms with E-state index in [1.807, 2.05) is 38.1 Å². The van der Waals surface area contributed by atoms with Gasteiger partial charge in [-0.1, -0.05) is 18.2 Å². The van der Waals surface area contributed by atoms with Gasteiger partial charge in [0, 0.05) is 12.1 Å². The van der Waals surface area contributed by atoms with Crippen LogP contribution in [0.15, 0.2) is 42.5 Å². The lowest BCUT2D eigenvalue weighted by molar-refractivity contribution is -0.384. The highest BCUT2D eigenvalue weighted by Gasteiger charge is 2.15. The van der Waals surface area contributed by atoms with Crippen molar-refractivity contribution in [3.05, 3.63) is 69.3 Å². The molecule has 0 aliphatic heterocycles. The summed E-state index contributed by atoms with van der Waals surface area (Å²) in [4.78, 5) is 10.5. The Kier molecular flexibility index (Phi) is 4.55. The van der Waals surface area contributed by atoms with Crippen molar-refractivity contribution >= 4 is 5.69 Å². The molecule has 1 unspecified atom stereocenters. The summed E-state index contributed by atoms with van der Waals surface area (Å²) in [5, 5.41) is 10.9. The molecule has 0 radical (unpaired) electrons. The number of hydrogen-bond acceptors (Lipinski definition) is 4. The summed E-state index contributed by atoms with van der Waals surface area (Å²) in [6.45, 7) is 4.43. The summed E-state index contributed by atoms with van der Waals surface area (Å²) in [5.74, 6) is 0.782. The molecule has 0 bridgehead atoms. The molecule has 110 valence electrons. The second-order valence-corrected chi connectivity index (χ2v) is 4.78. The van der Waals surface area contributed by atoms with E-state index in [1.54, 1.807) is 6.07 Å². The molecule has 5 nitrogen and oxygen atoms in total. The lowest BCUT2D eigenvalue weighted by Crippen LogP contribution is -2.13. The molecule has 0 aliphatic rings. The van der Waals surface area contributed by atoms with Gasteiger partial charge in [-0.05, 0) is 42.7 Å². The monoisotopic (exact) mass is 286 g/mol. The van der Waals surface area contributed by atoms with Gasteiger partial charge in [0.15, 0.2) is 0 Å². The third kappa shape index (κ3) is 3.38. The van der Waals surface area contributed by atoms with Crippen LogP contribution in [0.2, 0.25) is 0 Å². The van der Waals surface area contributed by atoms with E-state index in [4.69, 9.17) is 10.5 Å². The largest absolute Gasteiger partial charge is 0.494 e. The summed E-state index contributed by atoms with van der Waals surface area (Å²) in [6.07, 6.45) is 0. The van der Waals surface area contributed by atoms with Crippen molar-refractivity contribution in [3.63, 3.8) is 0 Å². The van der Waals surface area contributed by atoms with Gasteiger partial charge in [0.25, 0.3) is 5.69 Å². The van der Waals surface area contributed by atoms with Crippen molar-refractivity contribution in [1.82, 2.24) is 0 Å². The number of nitrogens with zero attached hydrogens (tertiary/aromatic N) is 1. The minimum Gasteiger partial charge on any atom is -0.494 e. The average Bonchev–Trinajstić information content (AvgIpc) is 2.48. The molecular weight excluding hydrogens is 268 g/mol. The molecule has 5 heteroatoms. The maximum Gasteiger partial charge on any atom is 0.269 e. The molecular formula is C16H18N2O3. The van der Waals surface area contributed by atoms with E-state index in [-0.39, 0.29) is 5.69 Å². The highest BCUT2D eigenvalue weighted by atomic mass is 16.6. The first kappa shape index (κ1) is 15.0. The van der Waals surface area contributed by atoms with Crippen LogP contribution in [0.1, 0.15) is 29.7 Å². The maximum atomic E-state index is 10.9. The van der Waals surface area contributed by atoms with Crippen molar-refractivity contribution in [3.8, 4) is 5.75 Å². The minimum atomic E-state index is -0.409. The second-order valence-electron chi connectivity index (χ2n) is 4.78. The summed E-state index contributed by atoms with van der Waals surface area (Å²) in [5.41, 5.74) is 8.88. The zero-order chi connectivity index (χ0) is 15.4. The normalized spacial score (nSPS) is 12.0. The van der Waals surface area contributed by atoms with E-state index in [1.165, 1.54) is 12.1 Å². The van der Waals surface area contributed by atoms with Crippen molar-refractivity contribution in [2.75, 3.05) is 6.61 Å². The molecule has 2 rings (SSSR count). The van der Waals surface area contributed by atoms with Gasteiger partial charge in [-0.2, -0.15) is 0 Å². The van der Waals surface area contributed by atoms with E-state index < -0.39 is 11.0 Å². The predicted molar refractivity (Wildman–Crippen MR) is 81.5 cm³/mol. The van der Waals surface area contributed by atoms with Crippen LogP contribution in [0.3, 0.4) is 0 Å². The number of hydrogen-bond donors (Lipinski definition) is 1. The quantitative estimate of drug-likeness (QED) is 0.675. The Hall–Kier alpha value is -2.40. The highest BCUT2D eigenvalue weighted by molar-refractivity contribution is 5.45. The molecule has 0 amide bonds. The average molecular weight is 286 g/mol. The molecule has 0 saturated heterocycles. The van der Waals surface area contributed by atoms with E-state index in [0.29, 0.717) is 6.61 Å². The zero-order valence-corrected chi connectivity index (χ0v) is 12.1. The van der Waals surface area contributed by atoms with Gasteiger partial charge in [0.2, 0.25) is 0 Å². The predicted octanol–water partition coefficient (Wildman–Crippen LogP) is 3.35. The highest BCUT2D eigenvalue weighted by Crippen LogP contribution is 2.27.